The summed E-state index contributed by atoms with van der Waals surface area (Å²) in [5.74, 6) is 0. The van der Waals surface area contributed by atoms with Gasteiger partial charge in [0.1, 0.15) is 0 Å². The predicted octanol–water partition coefficient (Wildman–Crippen LogP) is 6.59. The van der Waals surface area contributed by atoms with Crippen molar-refractivity contribution in [2.45, 2.75) is 30.6 Å². The molecule has 0 unspecified atom stereocenters. The molecule has 3 aromatic rings. The summed E-state index contributed by atoms with van der Waals surface area (Å²) in [6.45, 7) is 6.92. The maximum atomic E-state index is 2.49. The minimum atomic E-state index is -2.26. The van der Waals surface area contributed by atoms with Gasteiger partial charge >= 0.3 is 166 Å². The zero-order chi connectivity index (χ0) is 18.0. The predicted molar refractivity (Wildman–Crippen MR) is 124 cm³/mol. The molecule has 0 nitrogen and oxygen atoms in total. The van der Waals surface area contributed by atoms with Crippen molar-refractivity contribution in [2.24, 2.45) is 0 Å². The summed E-state index contributed by atoms with van der Waals surface area (Å²) in [6.07, 6.45) is 1.25. The first-order valence-corrected chi connectivity index (χ1v) is 16.4. The molecule has 0 bridgehead atoms. The molecule has 0 fully saturated rings. The van der Waals surface area contributed by atoms with Gasteiger partial charge in [0.05, 0.1) is 0 Å². The minimum absolute atomic E-state index is 0.346. The number of rotatable bonds is 2. The van der Waals surface area contributed by atoms with Gasteiger partial charge in [0.25, 0.3) is 0 Å². The van der Waals surface area contributed by atoms with Crippen LogP contribution in [-0.4, -0.2) is 6.16 Å². The molecule has 4 heteroatoms. The van der Waals surface area contributed by atoms with Crippen molar-refractivity contribution in [3.05, 3.63) is 77.9 Å². The van der Waals surface area contributed by atoms with E-state index in [4.69, 9.17) is 0 Å². The molecule has 0 saturated carbocycles. The summed E-state index contributed by atoms with van der Waals surface area (Å²) in [4.78, 5) is 3.06. The Bertz CT molecular complexity index is 974. The summed E-state index contributed by atoms with van der Waals surface area (Å²) in [5, 5.41) is 4.86. The van der Waals surface area contributed by atoms with E-state index in [1.54, 1.807) is 15.9 Å². The van der Waals surface area contributed by atoms with E-state index in [-0.39, 0.29) is 7.61 Å². The van der Waals surface area contributed by atoms with Crippen molar-refractivity contribution in [3.63, 3.8) is 0 Å². The normalized spacial score (nSPS) is 22.7. The second-order valence-electron chi connectivity index (χ2n) is 7.17. The van der Waals surface area contributed by atoms with Gasteiger partial charge in [-0.15, -0.1) is 0 Å². The number of hydrogen-bond acceptors (Lipinski definition) is 2. The molecule has 26 heavy (non-hydrogen) atoms. The van der Waals surface area contributed by atoms with Gasteiger partial charge in [-0.1, -0.05) is 0 Å². The number of hydrogen-bond donors (Lipinski definition) is 0. The van der Waals surface area contributed by atoms with Gasteiger partial charge in [0, 0.05) is 0 Å². The van der Waals surface area contributed by atoms with Gasteiger partial charge in [0.2, 0.25) is 0 Å². The van der Waals surface area contributed by atoms with Gasteiger partial charge in [0.15, 0.2) is 0 Å². The van der Waals surface area contributed by atoms with Crippen LogP contribution >= 0.6 is 35.1 Å². The first-order valence-electron chi connectivity index (χ1n) is 9.05. The molecule has 2 heterocycles. The van der Waals surface area contributed by atoms with Crippen LogP contribution in [0.2, 0.25) is 0 Å². The van der Waals surface area contributed by atoms with Gasteiger partial charge in [-0.25, -0.2) is 0 Å². The monoisotopic (exact) mass is 412 g/mol. The van der Waals surface area contributed by atoms with Crippen LogP contribution in [0.4, 0.5) is 0 Å². The third-order valence-corrected chi connectivity index (χ3v) is 29.8. The Balaban J connectivity index is 1.89. The van der Waals surface area contributed by atoms with E-state index in [9.17, 15) is 0 Å². The fourth-order valence-electron chi connectivity index (χ4n) is 4.21. The van der Waals surface area contributed by atoms with Crippen LogP contribution in [0.15, 0.2) is 76.5 Å². The third-order valence-electron chi connectivity index (χ3n) is 5.49. The van der Waals surface area contributed by atoms with Crippen molar-refractivity contribution in [1.82, 2.24) is 0 Å². The summed E-state index contributed by atoms with van der Waals surface area (Å²) in [7, 11) is -0.346. The summed E-state index contributed by atoms with van der Waals surface area (Å²) in [5.41, 5.74) is 2.78. The van der Waals surface area contributed by atoms with E-state index in [1.807, 2.05) is 0 Å². The van der Waals surface area contributed by atoms with E-state index in [0.717, 1.165) is 0 Å². The fourth-order valence-corrected chi connectivity index (χ4v) is 31.6. The van der Waals surface area contributed by atoms with E-state index in [0.29, 0.717) is 0 Å². The molecule has 0 aromatic heterocycles. The molecule has 0 amide bonds. The number of fused-ring (bicyclic) bond motifs is 5. The molecule has 0 radical (unpaired) electrons. The molecule has 0 N–H and O–H groups in total. The van der Waals surface area contributed by atoms with E-state index >= 15 is 0 Å². The average molecular weight is 413 g/mol. The van der Waals surface area contributed by atoms with Crippen LogP contribution in [0.3, 0.4) is 0 Å². The number of benzene rings is 3. The summed E-state index contributed by atoms with van der Waals surface area (Å²) < 4.78 is -2.26. The standard InChI is InChI=1S/C22H22P2S2/c1-4-24(18-8-6-5-7-9-18)23(19-14-16(2)10-12-21(19)25-24)20-15-17(3)11-13-22(20)26-24/h5-15H,4H2,1-3H3. The Morgan fingerprint density at radius 2 is 1.31 bits per heavy atom. The maximum absolute atomic E-state index is 2.49. The second-order valence-corrected chi connectivity index (χ2v) is 25.4. The van der Waals surface area contributed by atoms with Gasteiger partial charge in [-0.05, 0) is 0 Å². The van der Waals surface area contributed by atoms with Crippen LogP contribution in [0.1, 0.15) is 18.1 Å². The first-order chi connectivity index (χ1) is 12.6. The van der Waals surface area contributed by atoms with Crippen LogP contribution in [-0.2, 0) is 0 Å². The topological polar surface area (TPSA) is 0 Å². The van der Waals surface area contributed by atoms with Crippen molar-refractivity contribution < 1.29 is 0 Å². The van der Waals surface area contributed by atoms with Gasteiger partial charge in [-0.2, -0.15) is 0 Å². The van der Waals surface area contributed by atoms with E-state index in [2.05, 4.69) is 110 Å². The summed E-state index contributed by atoms with van der Waals surface area (Å²) >= 11 is 4.50. The zero-order valence-electron chi connectivity index (χ0n) is 15.3. The Labute approximate surface area is 165 Å². The molecule has 2 aliphatic heterocycles. The number of aryl methyl sites for hydroxylation is 2. The van der Waals surface area contributed by atoms with E-state index in [1.165, 1.54) is 27.1 Å². The quantitative estimate of drug-likeness (QED) is 0.436. The van der Waals surface area contributed by atoms with Crippen molar-refractivity contribution in [3.8, 4) is 0 Å². The van der Waals surface area contributed by atoms with Crippen LogP contribution < -0.4 is 15.9 Å². The van der Waals surface area contributed by atoms with Crippen molar-refractivity contribution in [1.29, 1.82) is 0 Å². The van der Waals surface area contributed by atoms with Crippen LogP contribution in [0.25, 0.3) is 0 Å². The fraction of sp³-hybridized carbons (Fsp3) is 0.182. The molecular formula is C22H22P2S2. The van der Waals surface area contributed by atoms with Crippen LogP contribution in [0, 0.1) is 13.8 Å². The zero-order valence-corrected chi connectivity index (χ0v) is 18.7. The van der Waals surface area contributed by atoms with Crippen molar-refractivity contribution in [2.75, 3.05) is 6.16 Å². The first kappa shape index (κ1) is 17.3. The average Bonchev–Trinajstić information content (AvgIpc) is 3.11. The summed E-state index contributed by atoms with van der Waals surface area (Å²) in [6, 6.07) is 25.8. The molecule has 132 valence electrons. The SMILES string of the molecule is CCP12(c3ccccc3)Sc3ccc(C)cc3P1c1cc(C)ccc1S2. The Hall–Kier alpha value is -0.780. The molecular weight excluding hydrogens is 390 g/mol. The van der Waals surface area contributed by atoms with E-state index < -0.39 is 4.70 Å². The molecule has 2 aliphatic rings. The Morgan fingerprint density at radius 3 is 1.81 bits per heavy atom. The molecule has 0 saturated heterocycles. The molecule has 5 rings (SSSR count). The molecule has 0 spiro atoms. The van der Waals surface area contributed by atoms with Crippen molar-refractivity contribution >= 4 is 51.0 Å². The molecule has 3 aromatic carbocycles. The molecule has 0 atom stereocenters. The Kier molecular flexibility index (Phi) is 3.90. The Morgan fingerprint density at radius 1 is 0.769 bits per heavy atom. The third kappa shape index (κ3) is 2.14. The van der Waals surface area contributed by atoms with Gasteiger partial charge in [-0.3, -0.25) is 0 Å². The molecule has 0 aliphatic carbocycles. The second kappa shape index (κ2) is 5.86. The van der Waals surface area contributed by atoms with Gasteiger partial charge < -0.3 is 0 Å². The van der Waals surface area contributed by atoms with Crippen LogP contribution in [0.5, 0.6) is 0 Å².